The van der Waals surface area contributed by atoms with Crippen LogP contribution in [0.15, 0.2) is 33.6 Å². The quantitative estimate of drug-likeness (QED) is 0.810. The number of thiophene rings is 1. The number of ether oxygens (including phenoxy) is 1. The van der Waals surface area contributed by atoms with E-state index in [1.165, 1.54) is 11.1 Å². The summed E-state index contributed by atoms with van der Waals surface area (Å²) >= 11 is 5.22. The molecule has 2 unspecified atom stereocenters. The summed E-state index contributed by atoms with van der Waals surface area (Å²) in [6.45, 7) is 5.95. The van der Waals surface area contributed by atoms with Crippen molar-refractivity contribution in [1.29, 1.82) is 0 Å². The predicted molar refractivity (Wildman–Crippen MR) is 86.5 cm³/mol. The van der Waals surface area contributed by atoms with Gasteiger partial charge in [-0.25, -0.2) is 4.98 Å². The van der Waals surface area contributed by atoms with Gasteiger partial charge in [0.2, 0.25) is 0 Å². The van der Waals surface area contributed by atoms with Gasteiger partial charge in [0.25, 0.3) is 0 Å². The number of rotatable bonds is 2. The molecule has 2 aromatic rings. The first-order chi connectivity index (χ1) is 9.63. The van der Waals surface area contributed by atoms with Gasteiger partial charge in [-0.3, -0.25) is 0 Å². The first-order valence-electron chi connectivity index (χ1n) is 6.68. The van der Waals surface area contributed by atoms with Crippen LogP contribution in [0.25, 0.3) is 0 Å². The average Bonchev–Trinajstić information content (AvgIpc) is 2.95. The summed E-state index contributed by atoms with van der Waals surface area (Å²) in [7, 11) is 0. The average molecular weight is 353 g/mol. The summed E-state index contributed by atoms with van der Waals surface area (Å²) in [6, 6.07) is 4.28. The maximum absolute atomic E-state index is 6.06. The summed E-state index contributed by atoms with van der Waals surface area (Å²) in [4.78, 5) is 6.85. The van der Waals surface area contributed by atoms with E-state index in [4.69, 9.17) is 4.74 Å². The lowest BCUT2D eigenvalue weighted by Crippen LogP contribution is -2.43. The van der Waals surface area contributed by atoms with E-state index < -0.39 is 0 Å². The lowest BCUT2D eigenvalue weighted by atomic mass is 10.1. The SMILES string of the molecule is Cc1cc(N2CC(C)OC(c3ccsc3)C2)ncc1Br. The minimum atomic E-state index is 0.135. The zero-order chi connectivity index (χ0) is 14.1. The monoisotopic (exact) mass is 352 g/mol. The fourth-order valence-corrected chi connectivity index (χ4v) is 3.40. The molecule has 1 fully saturated rings. The highest BCUT2D eigenvalue weighted by molar-refractivity contribution is 9.10. The molecule has 1 aliphatic heterocycles. The van der Waals surface area contributed by atoms with Crippen molar-refractivity contribution < 1.29 is 4.74 Å². The zero-order valence-corrected chi connectivity index (χ0v) is 13.9. The van der Waals surface area contributed by atoms with Crippen LogP contribution in [0.4, 0.5) is 5.82 Å². The topological polar surface area (TPSA) is 25.4 Å². The largest absolute Gasteiger partial charge is 0.367 e. The van der Waals surface area contributed by atoms with Crippen molar-refractivity contribution >= 4 is 33.1 Å². The molecule has 1 aliphatic rings. The van der Waals surface area contributed by atoms with Crippen molar-refractivity contribution in [3.8, 4) is 0 Å². The van der Waals surface area contributed by atoms with Crippen LogP contribution in [-0.2, 0) is 4.74 Å². The lowest BCUT2D eigenvalue weighted by Gasteiger charge is -2.37. The van der Waals surface area contributed by atoms with Crippen LogP contribution in [0.3, 0.4) is 0 Å². The van der Waals surface area contributed by atoms with Crippen molar-refractivity contribution in [2.24, 2.45) is 0 Å². The Kier molecular flexibility index (Phi) is 4.10. The van der Waals surface area contributed by atoms with E-state index in [2.05, 4.69) is 62.6 Å². The number of hydrogen-bond donors (Lipinski definition) is 0. The number of hydrogen-bond acceptors (Lipinski definition) is 4. The Labute approximate surface area is 131 Å². The van der Waals surface area contributed by atoms with Crippen molar-refractivity contribution in [2.45, 2.75) is 26.1 Å². The van der Waals surface area contributed by atoms with E-state index >= 15 is 0 Å². The Morgan fingerprint density at radius 3 is 3.00 bits per heavy atom. The van der Waals surface area contributed by atoms with Gasteiger partial charge < -0.3 is 9.64 Å². The minimum absolute atomic E-state index is 0.135. The molecule has 3 heterocycles. The molecular formula is C15H17BrN2OS. The smallest absolute Gasteiger partial charge is 0.129 e. The summed E-state index contributed by atoms with van der Waals surface area (Å²) in [5.74, 6) is 1.03. The molecule has 0 aromatic carbocycles. The predicted octanol–water partition coefficient (Wildman–Crippen LogP) is 4.18. The Hall–Kier alpha value is -0.910. The number of pyridine rings is 1. The van der Waals surface area contributed by atoms with Gasteiger partial charge in [0.05, 0.1) is 6.10 Å². The second kappa shape index (κ2) is 5.84. The molecule has 0 saturated carbocycles. The van der Waals surface area contributed by atoms with Gasteiger partial charge >= 0.3 is 0 Å². The highest BCUT2D eigenvalue weighted by Crippen LogP contribution is 2.30. The third kappa shape index (κ3) is 2.90. The van der Waals surface area contributed by atoms with E-state index in [0.29, 0.717) is 0 Å². The van der Waals surface area contributed by atoms with Crippen molar-refractivity contribution in [2.75, 3.05) is 18.0 Å². The highest BCUT2D eigenvalue weighted by atomic mass is 79.9. The molecule has 2 aromatic heterocycles. The minimum Gasteiger partial charge on any atom is -0.367 e. The van der Waals surface area contributed by atoms with E-state index in [0.717, 1.165) is 23.4 Å². The molecule has 0 spiro atoms. The number of morpholine rings is 1. The maximum Gasteiger partial charge on any atom is 0.129 e. The van der Waals surface area contributed by atoms with Crippen LogP contribution in [0.1, 0.15) is 24.2 Å². The van der Waals surface area contributed by atoms with Crippen LogP contribution in [-0.4, -0.2) is 24.2 Å². The molecular weight excluding hydrogens is 336 g/mol. The van der Waals surface area contributed by atoms with Crippen molar-refractivity contribution in [3.63, 3.8) is 0 Å². The maximum atomic E-state index is 6.06. The molecule has 5 heteroatoms. The van der Waals surface area contributed by atoms with Crippen LogP contribution >= 0.6 is 27.3 Å². The van der Waals surface area contributed by atoms with Gasteiger partial charge in [-0.1, -0.05) is 0 Å². The first kappa shape index (κ1) is 14.0. The van der Waals surface area contributed by atoms with Gasteiger partial charge in [-0.05, 0) is 63.8 Å². The number of aromatic nitrogens is 1. The molecule has 2 atom stereocenters. The second-order valence-corrected chi connectivity index (χ2v) is 6.82. The third-order valence-corrected chi connectivity index (χ3v) is 5.06. The molecule has 0 amide bonds. The Morgan fingerprint density at radius 2 is 2.30 bits per heavy atom. The van der Waals surface area contributed by atoms with Crippen molar-refractivity contribution in [3.05, 3.63) is 44.7 Å². The highest BCUT2D eigenvalue weighted by Gasteiger charge is 2.27. The van der Waals surface area contributed by atoms with E-state index in [9.17, 15) is 0 Å². The summed E-state index contributed by atoms with van der Waals surface area (Å²) < 4.78 is 7.12. The van der Waals surface area contributed by atoms with Crippen LogP contribution in [0.2, 0.25) is 0 Å². The Balaban J connectivity index is 1.84. The molecule has 3 rings (SSSR count). The van der Waals surface area contributed by atoms with Crippen LogP contribution < -0.4 is 4.90 Å². The molecule has 106 valence electrons. The normalized spacial score (nSPS) is 23.1. The summed E-state index contributed by atoms with van der Waals surface area (Å²) in [6.07, 6.45) is 2.22. The zero-order valence-electron chi connectivity index (χ0n) is 11.5. The van der Waals surface area contributed by atoms with Crippen molar-refractivity contribution in [1.82, 2.24) is 4.98 Å². The number of anilines is 1. The van der Waals surface area contributed by atoms with E-state index in [1.54, 1.807) is 11.3 Å². The van der Waals surface area contributed by atoms with Gasteiger partial charge in [0.15, 0.2) is 0 Å². The van der Waals surface area contributed by atoms with E-state index in [-0.39, 0.29) is 12.2 Å². The van der Waals surface area contributed by atoms with Gasteiger partial charge in [0, 0.05) is 23.8 Å². The number of halogens is 1. The molecule has 0 bridgehead atoms. The molecule has 0 radical (unpaired) electrons. The Bertz CT molecular complexity index is 588. The summed E-state index contributed by atoms with van der Waals surface area (Å²) in [5.41, 5.74) is 2.47. The first-order valence-corrected chi connectivity index (χ1v) is 8.41. The number of nitrogens with zero attached hydrogens (tertiary/aromatic N) is 2. The summed E-state index contributed by atoms with van der Waals surface area (Å²) in [5, 5.41) is 4.27. The van der Waals surface area contributed by atoms with E-state index in [1.807, 2.05) is 6.20 Å². The fraction of sp³-hybridized carbons (Fsp3) is 0.400. The second-order valence-electron chi connectivity index (χ2n) is 5.19. The van der Waals surface area contributed by atoms with Crippen LogP contribution in [0, 0.1) is 6.92 Å². The van der Waals surface area contributed by atoms with Gasteiger partial charge in [0.1, 0.15) is 11.9 Å². The van der Waals surface area contributed by atoms with Crippen LogP contribution in [0.5, 0.6) is 0 Å². The molecule has 1 saturated heterocycles. The Morgan fingerprint density at radius 1 is 1.45 bits per heavy atom. The molecule has 20 heavy (non-hydrogen) atoms. The standard InChI is InChI=1S/C15H17BrN2OS/c1-10-5-15(17-6-13(10)16)18-7-11(2)19-14(8-18)12-3-4-20-9-12/h3-6,9,11,14H,7-8H2,1-2H3. The van der Waals surface area contributed by atoms with Gasteiger partial charge in [-0.2, -0.15) is 11.3 Å². The van der Waals surface area contributed by atoms with Gasteiger partial charge in [-0.15, -0.1) is 0 Å². The molecule has 0 aliphatic carbocycles. The lowest BCUT2D eigenvalue weighted by molar-refractivity contribution is -0.0174. The molecule has 0 N–H and O–H groups in total. The third-order valence-electron chi connectivity index (χ3n) is 3.53. The fourth-order valence-electron chi connectivity index (χ4n) is 2.48. The molecule has 3 nitrogen and oxygen atoms in total. The number of aryl methyl sites for hydroxylation is 1.